The molecule has 0 atom stereocenters. The number of pyridine rings is 1. The van der Waals surface area contributed by atoms with Crippen LogP contribution in [0.1, 0.15) is 11.1 Å². The molecule has 0 fully saturated rings. The summed E-state index contributed by atoms with van der Waals surface area (Å²) in [7, 11) is 1.60. The fourth-order valence-corrected chi connectivity index (χ4v) is 4.10. The number of aryl methyl sites for hydroxylation is 1. The maximum absolute atomic E-state index is 12.5. The Morgan fingerprint density at radius 2 is 1.74 bits per heavy atom. The van der Waals surface area contributed by atoms with Crippen molar-refractivity contribution < 1.29 is 14.3 Å². The summed E-state index contributed by atoms with van der Waals surface area (Å²) < 4.78 is 7.11. The number of nitrogens with zero attached hydrogens (tertiary/aromatic N) is 4. The van der Waals surface area contributed by atoms with E-state index < -0.39 is 11.9 Å². The number of ether oxygens (including phenoxy) is 1. The number of methoxy groups -OCH3 is 1. The number of aromatic nitrogens is 4. The number of amides is 3. The normalized spacial score (nSPS) is 10.6. The molecule has 35 heavy (non-hydrogen) atoms. The number of imide groups is 1. The van der Waals surface area contributed by atoms with Crippen LogP contribution < -0.4 is 15.4 Å². The molecule has 9 nitrogen and oxygen atoms in total. The topological polar surface area (TPSA) is 111 Å². The molecule has 2 aromatic carbocycles. The van der Waals surface area contributed by atoms with Gasteiger partial charge >= 0.3 is 6.03 Å². The minimum Gasteiger partial charge on any atom is -0.497 e. The zero-order valence-corrected chi connectivity index (χ0v) is 20.3. The van der Waals surface area contributed by atoms with E-state index in [4.69, 9.17) is 4.74 Å². The number of urea groups is 1. The SMILES string of the molecule is COc1ccc(-n2c(SCC(=O)NC(=O)Nc3cccc(C)c3C)nnc2-c2ccncc2)cc1. The second-order valence-corrected chi connectivity index (χ2v) is 8.56. The minimum atomic E-state index is -0.585. The van der Waals surface area contributed by atoms with Crippen molar-refractivity contribution in [3.63, 3.8) is 0 Å². The maximum Gasteiger partial charge on any atom is 0.325 e. The van der Waals surface area contributed by atoms with E-state index in [9.17, 15) is 9.59 Å². The van der Waals surface area contributed by atoms with Gasteiger partial charge in [0.15, 0.2) is 11.0 Å². The van der Waals surface area contributed by atoms with E-state index >= 15 is 0 Å². The second-order valence-electron chi connectivity index (χ2n) is 7.61. The highest BCUT2D eigenvalue weighted by Gasteiger charge is 2.18. The Morgan fingerprint density at radius 3 is 2.46 bits per heavy atom. The van der Waals surface area contributed by atoms with Gasteiger partial charge in [-0.25, -0.2) is 4.79 Å². The van der Waals surface area contributed by atoms with Crippen LogP contribution in [0.3, 0.4) is 0 Å². The molecule has 0 spiro atoms. The van der Waals surface area contributed by atoms with Gasteiger partial charge in [0.25, 0.3) is 0 Å². The molecule has 0 saturated carbocycles. The summed E-state index contributed by atoms with van der Waals surface area (Å²) in [5, 5.41) is 14.2. The summed E-state index contributed by atoms with van der Waals surface area (Å²) in [5.74, 6) is 0.849. The summed E-state index contributed by atoms with van der Waals surface area (Å²) in [6.45, 7) is 3.87. The number of benzene rings is 2. The summed E-state index contributed by atoms with van der Waals surface area (Å²) in [6.07, 6.45) is 3.36. The lowest BCUT2D eigenvalue weighted by Gasteiger charge is -2.12. The molecule has 0 bridgehead atoms. The quantitative estimate of drug-likeness (QED) is 0.371. The molecule has 3 amide bonds. The van der Waals surface area contributed by atoms with Crippen molar-refractivity contribution in [2.75, 3.05) is 18.2 Å². The summed E-state index contributed by atoms with van der Waals surface area (Å²) >= 11 is 1.18. The van der Waals surface area contributed by atoms with Crippen molar-refractivity contribution in [1.82, 2.24) is 25.1 Å². The monoisotopic (exact) mass is 488 g/mol. The Balaban J connectivity index is 1.49. The number of thioether (sulfide) groups is 1. The summed E-state index contributed by atoms with van der Waals surface area (Å²) in [5.41, 5.74) is 4.28. The average Bonchev–Trinajstić information content (AvgIpc) is 3.30. The minimum absolute atomic E-state index is 0.0230. The van der Waals surface area contributed by atoms with E-state index in [2.05, 4.69) is 25.8 Å². The van der Waals surface area contributed by atoms with Crippen LogP contribution in [0.15, 0.2) is 72.1 Å². The van der Waals surface area contributed by atoms with Gasteiger partial charge in [0.1, 0.15) is 5.75 Å². The lowest BCUT2D eigenvalue weighted by Crippen LogP contribution is -2.35. The molecule has 2 N–H and O–H groups in total. The zero-order valence-electron chi connectivity index (χ0n) is 19.5. The first kappa shape index (κ1) is 24.0. The van der Waals surface area contributed by atoms with Gasteiger partial charge in [-0.2, -0.15) is 0 Å². The lowest BCUT2D eigenvalue weighted by molar-refractivity contribution is -0.117. The summed E-state index contributed by atoms with van der Waals surface area (Å²) in [6, 6.07) is 16.1. The number of rotatable bonds is 7. The van der Waals surface area contributed by atoms with E-state index in [0.717, 1.165) is 28.1 Å². The number of carbonyl (C=O) groups is 2. The Morgan fingerprint density at radius 1 is 1.00 bits per heavy atom. The van der Waals surface area contributed by atoms with Gasteiger partial charge in [0, 0.05) is 29.3 Å². The van der Waals surface area contributed by atoms with Crippen LogP contribution in [0.25, 0.3) is 17.1 Å². The highest BCUT2D eigenvalue weighted by atomic mass is 32.2. The first-order valence-electron chi connectivity index (χ1n) is 10.8. The molecule has 10 heteroatoms. The van der Waals surface area contributed by atoms with Crippen molar-refractivity contribution >= 4 is 29.4 Å². The highest BCUT2D eigenvalue weighted by Crippen LogP contribution is 2.28. The fourth-order valence-electron chi connectivity index (χ4n) is 3.35. The Hall–Kier alpha value is -4.18. The van der Waals surface area contributed by atoms with Crippen molar-refractivity contribution in [3.05, 3.63) is 78.1 Å². The van der Waals surface area contributed by atoms with Crippen molar-refractivity contribution in [3.8, 4) is 22.8 Å². The van der Waals surface area contributed by atoms with E-state index in [0.29, 0.717) is 16.7 Å². The van der Waals surface area contributed by atoms with Gasteiger partial charge in [-0.05, 0) is 67.4 Å². The van der Waals surface area contributed by atoms with Gasteiger partial charge in [-0.3, -0.25) is 19.7 Å². The second kappa shape index (κ2) is 10.8. The third-order valence-corrected chi connectivity index (χ3v) is 6.27. The molecule has 2 heterocycles. The van der Waals surface area contributed by atoms with Crippen LogP contribution in [0, 0.1) is 13.8 Å². The number of hydrogen-bond donors (Lipinski definition) is 2. The van der Waals surface area contributed by atoms with Crippen molar-refractivity contribution in [1.29, 1.82) is 0 Å². The predicted octanol–water partition coefficient (Wildman–Crippen LogP) is 4.40. The van der Waals surface area contributed by atoms with Crippen LogP contribution in [-0.2, 0) is 4.79 Å². The van der Waals surface area contributed by atoms with E-state index in [1.807, 2.05) is 66.9 Å². The van der Waals surface area contributed by atoms with Crippen LogP contribution in [0.5, 0.6) is 5.75 Å². The molecule has 2 aromatic heterocycles. The predicted molar refractivity (Wildman–Crippen MR) is 135 cm³/mol. The first-order chi connectivity index (χ1) is 17.0. The number of anilines is 1. The third kappa shape index (κ3) is 5.67. The van der Waals surface area contributed by atoms with E-state index in [-0.39, 0.29) is 5.75 Å². The van der Waals surface area contributed by atoms with Crippen molar-refractivity contribution in [2.24, 2.45) is 0 Å². The number of hydrogen-bond acceptors (Lipinski definition) is 7. The first-order valence-corrected chi connectivity index (χ1v) is 11.7. The molecule has 0 saturated heterocycles. The molecule has 178 valence electrons. The van der Waals surface area contributed by atoms with Gasteiger partial charge < -0.3 is 10.1 Å². The Kier molecular flexibility index (Phi) is 7.41. The third-order valence-electron chi connectivity index (χ3n) is 5.34. The molecular formula is C25H24N6O3S. The van der Waals surface area contributed by atoms with E-state index in [1.54, 1.807) is 25.6 Å². The Bertz CT molecular complexity index is 1340. The van der Waals surface area contributed by atoms with Crippen molar-refractivity contribution in [2.45, 2.75) is 19.0 Å². The molecule has 0 aliphatic carbocycles. The van der Waals surface area contributed by atoms with Gasteiger partial charge in [-0.1, -0.05) is 23.9 Å². The smallest absolute Gasteiger partial charge is 0.325 e. The van der Waals surface area contributed by atoms with Crippen LogP contribution in [0.4, 0.5) is 10.5 Å². The number of carbonyl (C=O) groups excluding carboxylic acids is 2. The number of nitrogens with one attached hydrogen (secondary N) is 2. The molecule has 0 aliphatic heterocycles. The molecule has 0 unspecified atom stereocenters. The van der Waals surface area contributed by atoms with Gasteiger partial charge in [0.05, 0.1) is 12.9 Å². The summed E-state index contributed by atoms with van der Waals surface area (Å²) in [4.78, 5) is 28.9. The maximum atomic E-state index is 12.5. The van der Waals surface area contributed by atoms with Crippen LogP contribution in [0.2, 0.25) is 0 Å². The molecule has 4 rings (SSSR count). The molecule has 0 aliphatic rings. The van der Waals surface area contributed by atoms with Crippen LogP contribution in [-0.4, -0.2) is 44.5 Å². The highest BCUT2D eigenvalue weighted by molar-refractivity contribution is 7.99. The standard InChI is InChI=1S/C25H24N6O3S/c1-16-5-4-6-21(17(16)2)27-24(33)28-22(32)15-35-25-30-29-23(18-11-13-26-14-12-18)31(25)19-7-9-20(34-3)10-8-19/h4-14H,15H2,1-3H3,(H2,27,28,32,33). The van der Waals surface area contributed by atoms with Crippen LogP contribution >= 0.6 is 11.8 Å². The Labute approximate surface area is 206 Å². The van der Waals surface area contributed by atoms with Gasteiger partial charge in [-0.15, -0.1) is 10.2 Å². The molecular weight excluding hydrogens is 464 g/mol. The molecule has 4 aromatic rings. The fraction of sp³-hybridized carbons (Fsp3) is 0.160. The zero-order chi connectivity index (χ0) is 24.8. The van der Waals surface area contributed by atoms with Gasteiger partial charge in [0.2, 0.25) is 5.91 Å². The largest absolute Gasteiger partial charge is 0.497 e. The average molecular weight is 489 g/mol. The molecule has 0 radical (unpaired) electrons. The van der Waals surface area contributed by atoms with E-state index in [1.165, 1.54) is 11.8 Å². The lowest BCUT2D eigenvalue weighted by atomic mass is 10.1.